The van der Waals surface area contributed by atoms with Gasteiger partial charge in [-0.3, -0.25) is 4.79 Å². The van der Waals surface area contributed by atoms with E-state index < -0.39 is 5.91 Å². The molecule has 0 radical (unpaired) electrons. The van der Waals surface area contributed by atoms with Crippen LogP contribution in [0, 0.1) is 32.1 Å². The van der Waals surface area contributed by atoms with Crippen molar-refractivity contribution in [1.82, 2.24) is 0 Å². The maximum Gasteiger partial charge on any atom is 0.267 e. The molecule has 1 amide bonds. The maximum absolute atomic E-state index is 12.3. The first-order valence-corrected chi connectivity index (χ1v) is 7.80. The van der Waals surface area contributed by atoms with Gasteiger partial charge in [-0.05, 0) is 55.7 Å². The summed E-state index contributed by atoms with van der Waals surface area (Å²) in [6.07, 6.45) is 1.39. The number of aryl methyl sites for hydroxylation is 2. The number of carbonyl (C=O) groups is 1. The van der Waals surface area contributed by atoms with Crippen LogP contribution < -0.4 is 10.6 Å². The molecule has 0 heterocycles. The van der Waals surface area contributed by atoms with Gasteiger partial charge in [0, 0.05) is 22.6 Å². The average Bonchev–Trinajstić information content (AvgIpc) is 2.55. The van der Waals surface area contributed by atoms with E-state index in [1.165, 1.54) is 6.20 Å². The molecule has 2 N–H and O–H groups in total. The summed E-state index contributed by atoms with van der Waals surface area (Å²) in [5.41, 5.74) is 4.43. The van der Waals surface area contributed by atoms with Crippen molar-refractivity contribution < 1.29 is 4.79 Å². The fraction of sp³-hybridized carbons (Fsp3) is 0.158. The first kappa shape index (κ1) is 17.6. The smallest absolute Gasteiger partial charge is 0.267 e. The number of hydrogen-bond donors (Lipinski definition) is 2. The van der Waals surface area contributed by atoms with Crippen LogP contribution in [0.15, 0.2) is 48.2 Å². The second kappa shape index (κ2) is 7.67. The van der Waals surface area contributed by atoms with Crippen LogP contribution in [0.3, 0.4) is 0 Å². The van der Waals surface area contributed by atoms with Gasteiger partial charge in [-0.1, -0.05) is 29.8 Å². The Morgan fingerprint density at radius 1 is 1.12 bits per heavy atom. The average molecular weight is 340 g/mol. The number of hydrogen-bond acceptors (Lipinski definition) is 3. The van der Waals surface area contributed by atoms with E-state index in [4.69, 9.17) is 11.6 Å². The second-order valence-corrected chi connectivity index (χ2v) is 5.91. The zero-order chi connectivity index (χ0) is 17.7. The number of anilines is 2. The summed E-state index contributed by atoms with van der Waals surface area (Å²) in [6, 6.07) is 12.9. The topological polar surface area (TPSA) is 64.9 Å². The lowest BCUT2D eigenvalue weighted by Crippen LogP contribution is -2.15. The number of nitriles is 1. The third kappa shape index (κ3) is 4.15. The first-order valence-electron chi connectivity index (χ1n) is 7.43. The Labute approximate surface area is 146 Å². The van der Waals surface area contributed by atoms with Crippen molar-refractivity contribution in [2.45, 2.75) is 20.8 Å². The van der Waals surface area contributed by atoms with Gasteiger partial charge in [-0.25, -0.2) is 0 Å². The Hall–Kier alpha value is -2.77. The van der Waals surface area contributed by atoms with E-state index in [1.807, 2.05) is 51.1 Å². The number of halogens is 1. The lowest BCUT2D eigenvalue weighted by Gasteiger charge is -2.10. The van der Waals surface area contributed by atoms with Crippen molar-refractivity contribution in [1.29, 1.82) is 5.26 Å². The predicted molar refractivity (Wildman–Crippen MR) is 98.1 cm³/mol. The number of amides is 1. The molecule has 0 unspecified atom stereocenters. The molecule has 0 aliphatic heterocycles. The fourth-order valence-electron chi connectivity index (χ4n) is 2.12. The van der Waals surface area contributed by atoms with E-state index in [2.05, 4.69) is 10.6 Å². The van der Waals surface area contributed by atoms with E-state index in [0.717, 1.165) is 22.4 Å². The number of carbonyl (C=O) groups excluding carboxylic acids is 1. The fourth-order valence-corrected chi connectivity index (χ4v) is 2.30. The molecule has 5 heteroatoms. The Balaban J connectivity index is 2.18. The summed E-state index contributed by atoms with van der Waals surface area (Å²) in [5.74, 6) is -0.460. The number of benzene rings is 2. The van der Waals surface area contributed by atoms with Crippen LogP contribution in [-0.4, -0.2) is 5.91 Å². The van der Waals surface area contributed by atoms with Gasteiger partial charge in [-0.2, -0.15) is 5.26 Å². The first-order chi connectivity index (χ1) is 11.4. The molecule has 0 aliphatic rings. The maximum atomic E-state index is 12.3. The van der Waals surface area contributed by atoms with Crippen LogP contribution in [0.1, 0.15) is 16.7 Å². The molecular weight excluding hydrogens is 322 g/mol. The number of rotatable bonds is 4. The molecule has 0 aromatic heterocycles. The molecule has 0 saturated heterocycles. The lowest BCUT2D eigenvalue weighted by molar-refractivity contribution is -0.112. The molecule has 2 rings (SSSR count). The largest absolute Gasteiger partial charge is 0.360 e. The molecule has 4 nitrogen and oxygen atoms in total. The minimum Gasteiger partial charge on any atom is -0.360 e. The minimum absolute atomic E-state index is 0.0183. The van der Waals surface area contributed by atoms with Crippen LogP contribution in [0.2, 0.25) is 5.02 Å². The molecule has 0 bridgehead atoms. The van der Waals surface area contributed by atoms with Crippen LogP contribution in [0.25, 0.3) is 0 Å². The zero-order valence-electron chi connectivity index (χ0n) is 13.8. The van der Waals surface area contributed by atoms with Gasteiger partial charge in [0.1, 0.15) is 11.6 Å². The quantitative estimate of drug-likeness (QED) is 0.625. The normalized spacial score (nSPS) is 10.9. The summed E-state index contributed by atoms with van der Waals surface area (Å²) >= 11 is 5.96. The van der Waals surface area contributed by atoms with E-state index in [0.29, 0.717) is 10.7 Å². The molecule has 0 spiro atoms. The number of nitrogens with zero attached hydrogens (tertiary/aromatic N) is 1. The van der Waals surface area contributed by atoms with Crippen molar-refractivity contribution in [3.63, 3.8) is 0 Å². The molecule has 0 fully saturated rings. The third-order valence-electron chi connectivity index (χ3n) is 3.79. The molecule has 2 aromatic carbocycles. The highest BCUT2D eigenvalue weighted by Crippen LogP contribution is 2.21. The van der Waals surface area contributed by atoms with Gasteiger partial charge >= 0.3 is 0 Å². The van der Waals surface area contributed by atoms with Gasteiger partial charge in [0.15, 0.2) is 0 Å². The molecule has 0 saturated carbocycles. The minimum atomic E-state index is -0.460. The molecule has 24 heavy (non-hydrogen) atoms. The molecule has 122 valence electrons. The number of nitrogens with one attached hydrogen (secondary N) is 2. The lowest BCUT2D eigenvalue weighted by atomic mass is 10.1. The zero-order valence-corrected chi connectivity index (χ0v) is 14.5. The monoisotopic (exact) mass is 339 g/mol. The van der Waals surface area contributed by atoms with Crippen LogP contribution >= 0.6 is 11.6 Å². The molecular formula is C19H18ClN3O. The third-order valence-corrected chi connectivity index (χ3v) is 4.02. The van der Waals surface area contributed by atoms with E-state index in [1.54, 1.807) is 12.1 Å². The standard InChI is InChI=1S/C19H18ClN3O/c1-12-5-4-6-17(14(12)3)23-19(24)15(10-21)11-22-18-9-16(20)8-7-13(18)2/h4-9,11,22H,1-3H3,(H,23,24)/b15-11-. The summed E-state index contributed by atoms with van der Waals surface area (Å²) in [7, 11) is 0. The highest BCUT2D eigenvalue weighted by Gasteiger charge is 2.11. The predicted octanol–water partition coefficient (Wildman–Crippen LogP) is 4.72. The highest BCUT2D eigenvalue weighted by molar-refractivity contribution is 6.30. The van der Waals surface area contributed by atoms with E-state index in [9.17, 15) is 10.1 Å². The Morgan fingerprint density at radius 3 is 2.58 bits per heavy atom. The van der Waals surface area contributed by atoms with E-state index in [-0.39, 0.29) is 5.57 Å². The summed E-state index contributed by atoms with van der Waals surface area (Å²) in [5, 5.41) is 15.6. The van der Waals surface area contributed by atoms with Crippen molar-refractivity contribution in [3.8, 4) is 6.07 Å². The summed E-state index contributed by atoms with van der Waals surface area (Å²) in [4.78, 5) is 12.3. The van der Waals surface area contributed by atoms with Gasteiger partial charge in [-0.15, -0.1) is 0 Å². The summed E-state index contributed by atoms with van der Waals surface area (Å²) in [6.45, 7) is 5.80. The molecule has 0 aliphatic carbocycles. The Bertz CT molecular complexity index is 850. The molecule has 0 atom stereocenters. The van der Waals surface area contributed by atoms with Gasteiger partial charge in [0.05, 0.1) is 0 Å². The van der Waals surface area contributed by atoms with Crippen molar-refractivity contribution in [2.24, 2.45) is 0 Å². The van der Waals surface area contributed by atoms with Crippen molar-refractivity contribution >= 4 is 28.9 Å². The Morgan fingerprint density at radius 2 is 1.88 bits per heavy atom. The van der Waals surface area contributed by atoms with Crippen LogP contribution in [0.4, 0.5) is 11.4 Å². The van der Waals surface area contributed by atoms with Gasteiger partial charge in [0.25, 0.3) is 5.91 Å². The SMILES string of the molecule is Cc1ccc(Cl)cc1N/C=C(/C#N)C(=O)Nc1cccc(C)c1C. The molecule has 2 aromatic rings. The highest BCUT2D eigenvalue weighted by atomic mass is 35.5. The van der Waals surface area contributed by atoms with Crippen molar-refractivity contribution in [3.05, 3.63) is 69.9 Å². The van der Waals surface area contributed by atoms with Crippen molar-refractivity contribution in [2.75, 3.05) is 10.6 Å². The van der Waals surface area contributed by atoms with Gasteiger partial charge < -0.3 is 10.6 Å². The van der Waals surface area contributed by atoms with Crippen LogP contribution in [0.5, 0.6) is 0 Å². The van der Waals surface area contributed by atoms with Gasteiger partial charge in [0.2, 0.25) is 0 Å². The summed E-state index contributed by atoms with van der Waals surface area (Å²) < 4.78 is 0. The van der Waals surface area contributed by atoms with Crippen LogP contribution in [-0.2, 0) is 4.79 Å². The van der Waals surface area contributed by atoms with E-state index >= 15 is 0 Å². The second-order valence-electron chi connectivity index (χ2n) is 5.47. The Kier molecular flexibility index (Phi) is 5.62.